The molecule has 17 nitrogen and oxygen atoms in total. The monoisotopic (exact) mass is 989 g/mol. The third-order valence-corrected chi connectivity index (χ3v) is 18.1. The van der Waals surface area contributed by atoms with E-state index in [0.717, 1.165) is 18.4 Å². The third kappa shape index (κ3) is 10.0. The molecule has 3 heterocycles. The first kappa shape index (κ1) is 53.7. The number of hydrogen-bond acceptors (Lipinski definition) is 17. The molecule has 394 valence electrons. The largest absolute Gasteiger partial charge is 0.458 e. The fourth-order valence-electron chi connectivity index (χ4n) is 14.5. The van der Waals surface area contributed by atoms with Gasteiger partial charge in [-0.2, -0.15) is 0 Å². The van der Waals surface area contributed by atoms with Crippen LogP contribution in [0.5, 0.6) is 0 Å². The molecule has 4 saturated carbocycles. The summed E-state index contributed by atoms with van der Waals surface area (Å²) in [5, 5.41) is 45.8. The van der Waals surface area contributed by atoms with E-state index in [-0.39, 0.29) is 23.9 Å². The molecule has 24 atom stereocenters. The van der Waals surface area contributed by atoms with Gasteiger partial charge in [0.2, 0.25) is 0 Å². The highest BCUT2D eigenvalue weighted by Crippen LogP contribution is 2.70. The van der Waals surface area contributed by atoms with Crippen molar-refractivity contribution in [3.63, 3.8) is 0 Å². The zero-order chi connectivity index (χ0) is 50.4. The molecule has 0 radical (unpaired) electrons. The number of carbonyl (C=O) groups is 2. The average Bonchev–Trinajstić information content (AvgIpc) is 3.61. The Morgan fingerprint density at radius 3 is 2.00 bits per heavy atom. The van der Waals surface area contributed by atoms with Crippen LogP contribution in [0.4, 0.5) is 0 Å². The molecule has 0 bridgehead atoms. The first-order valence-corrected chi connectivity index (χ1v) is 25.7. The van der Waals surface area contributed by atoms with Gasteiger partial charge in [-0.1, -0.05) is 44.2 Å². The van der Waals surface area contributed by atoms with E-state index in [0.29, 0.717) is 44.9 Å². The third-order valence-electron chi connectivity index (χ3n) is 18.1. The molecule has 1 aromatic carbocycles. The molecule has 7 aliphatic rings. The molecule has 1 aromatic rings. The van der Waals surface area contributed by atoms with Crippen LogP contribution in [0.15, 0.2) is 36.4 Å². The van der Waals surface area contributed by atoms with Crippen molar-refractivity contribution in [2.45, 2.75) is 216 Å². The van der Waals surface area contributed by atoms with E-state index in [4.69, 9.17) is 52.1 Å². The summed E-state index contributed by atoms with van der Waals surface area (Å²) in [6.45, 7) is 12.7. The zero-order valence-corrected chi connectivity index (χ0v) is 42.6. The summed E-state index contributed by atoms with van der Waals surface area (Å²) < 4.78 is 68.6. The van der Waals surface area contributed by atoms with Crippen LogP contribution >= 0.6 is 0 Å². The normalized spacial score (nSPS) is 47.7. The highest BCUT2D eigenvalue weighted by atomic mass is 16.8. The molecule has 3 saturated heterocycles. The molecule has 7 fully saturated rings. The topological polar surface area (TPSA) is 217 Å². The van der Waals surface area contributed by atoms with E-state index in [1.807, 2.05) is 51.1 Å². The Morgan fingerprint density at radius 1 is 0.743 bits per heavy atom. The van der Waals surface area contributed by atoms with Gasteiger partial charge in [0, 0.05) is 58.5 Å². The molecule has 8 rings (SSSR count). The second kappa shape index (κ2) is 21.7. The second-order valence-corrected chi connectivity index (χ2v) is 21.9. The quantitative estimate of drug-likeness (QED) is 0.111. The van der Waals surface area contributed by atoms with Gasteiger partial charge in [0.25, 0.3) is 0 Å². The van der Waals surface area contributed by atoms with Gasteiger partial charge in [-0.05, 0) is 107 Å². The van der Waals surface area contributed by atoms with E-state index in [1.54, 1.807) is 34.1 Å². The van der Waals surface area contributed by atoms with Crippen molar-refractivity contribution in [3.05, 3.63) is 42.0 Å². The van der Waals surface area contributed by atoms with Gasteiger partial charge in [-0.15, -0.1) is 0 Å². The number of ether oxygens (including phenoxy) is 11. The fourth-order valence-corrected chi connectivity index (χ4v) is 14.5. The first-order valence-electron chi connectivity index (χ1n) is 25.7. The molecule has 0 spiro atoms. The summed E-state index contributed by atoms with van der Waals surface area (Å²) in [5.41, 5.74) is -1.99. The summed E-state index contributed by atoms with van der Waals surface area (Å²) in [5.74, 6) is -1.97. The Bertz CT molecular complexity index is 1950. The fraction of sp³-hybridized carbons (Fsp3) is 0.811. The number of carbonyl (C=O) groups excluding carboxylic acids is 2. The molecule has 0 aromatic heterocycles. The van der Waals surface area contributed by atoms with Crippen LogP contribution < -0.4 is 0 Å². The van der Waals surface area contributed by atoms with Crippen molar-refractivity contribution < 1.29 is 82.1 Å². The Balaban J connectivity index is 0.934. The van der Waals surface area contributed by atoms with Crippen LogP contribution in [0.2, 0.25) is 0 Å². The van der Waals surface area contributed by atoms with Crippen molar-refractivity contribution in [2.24, 2.45) is 34.5 Å². The van der Waals surface area contributed by atoms with Crippen molar-refractivity contribution in [1.82, 2.24) is 0 Å². The lowest BCUT2D eigenvalue weighted by Gasteiger charge is -2.67. The Labute approximate surface area is 413 Å². The minimum atomic E-state index is -1.29. The highest BCUT2D eigenvalue weighted by molar-refractivity contribution is 5.87. The summed E-state index contributed by atoms with van der Waals surface area (Å²) in [7, 11) is 4.65. The predicted molar refractivity (Wildman–Crippen MR) is 251 cm³/mol. The summed E-state index contributed by atoms with van der Waals surface area (Å²) in [6.07, 6.45) is -3.53. The van der Waals surface area contributed by atoms with Gasteiger partial charge < -0.3 is 72.5 Å². The van der Waals surface area contributed by atoms with Gasteiger partial charge in [-0.25, -0.2) is 4.79 Å². The molecule has 17 heteroatoms. The predicted octanol–water partition coefficient (Wildman–Crippen LogP) is 4.85. The number of esters is 2. The van der Waals surface area contributed by atoms with Crippen LogP contribution in [0, 0.1) is 34.5 Å². The molecular formula is C53H80O17. The number of hydrogen-bond donors (Lipinski definition) is 4. The van der Waals surface area contributed by atoms with Crippen molar-refractivity contribution in [2.75, 3.05) is 21.3 Å². The van der Waals surface area contributed by atoms with E-state index in [9.17, 15) is 30.0 Å². The summed E-state index contributed by atoms with van der Waals surface area (Å²) >= 11 is 0. The number of benzene rings is 1. The van der Waals surface area contributed by atoms with Gasteiger partial charge in [-0.3, -0.25) is 4.79 Å². The van der Waals surface area contributed by atoms with E-state index >= 15 is 0 Å². The van der Waals surface area contributed by atoms with Crippen molar-refractivity contribution >= 4 is 18.0 Å². The maximum absolute atomic E-state index is 13.8. The number of fused-ring (bicyclic) bond motifs is 5. The maximum atomic E-state index is 13.8. The smallest absolute Gasteiger partial charge is 0.331 e. The van der Waals surface area contributed by atoms with Crippen molar-refractivity contribution in [3.8, 4) is 0 Å². The molecule has 1 unspecified atom stereocenters. The molecule has 0 amide bonds. The molecule has 4 aliphatic carbocycles. The standard InChI is InChI=1S/C53H80O17/c1-27(54)35-21-23-53(59)36-18-17-33-24-34(20-22-51(33,6)42(36)47(66-31(5)55)49(52(35,53)7)68-39(56)19-16-32-14-12-11-13-15-32)67-40-25-37(60-8)45(29(3)63-40)69-41-26-38(61-9)46(30(4)64-41)70-50-44(58)48(62-10)43(57)28(2)65-50/h11-16,19,27-30,33-38,40-50,54,57-59H,17-18,20-26H2,1-10H3/b19-16+/t27?,28-,29-,30-,33+,34+,35-,36-,37+,38-,40+,41+,42-,43-,44-,45-,46-,47+,48-,49-,50+,51+,52+,53+/m1/s1. The summed E-state index contributed by atoms with van der Waals surface area (Å²) in [6, 6.07) is 9.43. The van der Waals surface area contributed by atoms with Gasteiger partial charge in [0.1, 0.15) is 42.7 Å². The SMILES string of the molecule is CO[C@H]1[C@@H](O)[C@H](O[C@@H]2[C@@H](C)O[C@@H](O[C@H]3[C@@H](OC)C[C@H](O[C@H]4CC[C@@]5(C)[C@@H](CC[C@@H]6[C@@H]5[C@H](OC(C)=O)[C@@H](OC(=O)/C=C/c5ccccc5)[C@]5(C)[C@@H](C(C)O)CC[C@]65O)C4)O[C@@H]3C)C[C@H]2OC)O[C@H](C)[C@H]1O. The zero-order valence-electron chi connectivity index (χ0n) is 42.6. The van der Waals surface area contributed by atoms with Crippen LogP contribution in [0.1, 0.15) is 112 Å². The minimum absolute atomic E-state index is 0.133. The molecule has 4 N–H and O–H groups in total. The number of rotatable bonds is 14. The van der Waals surface area contributed by atoms with E-state index in [2.05, 4.69) is 6.92 Å². The highest BCUT2D eigenvalue weighted by Gasteiger charge is 2.75. The summed E-state index contributed by atoms with van der Waals surface area (Å²) in [4.78, 5) is 27.0. The van der Waals surface area contributed by atoms with Crippen LogP contribution in [0.3, 0.4) is 0 Å². The average molecular weight is 989 g/mol. The second-order valence-electron chi connectivity index (χ2n) is 21.9. The van der Waals surface area contributed by atoms with Crippen LogP contribution in [-0.4, -0.2) is 164 Å². The molecule has 3 aliphatic heterocycles. The van der Waals surface area contributed by atoms with Crippen molar-refractivity contribution in [1.29, 1.82) is 0 Å². The van der Waals surface area contributed by atoms with Gasteiger partial charge >= 0.3 is 11.9 Å². The lowest BCUT2D eigenvalue weighted by atomic mass is 9.41. The Hall–Kier alpha value is -2.62. The lowest BCUT2D eigenvalue weighted by molar-refractivity contribution is -0.352. The van der Waals surface area contributed by atoms with Crippen LogP contribution in [-0.2, 0) is 61.7 Å². The van der Waals surface area contributed by atoms with Gasteiger partial charge in [0.05, 0.1) is 48.3 Å². The maximum Gasteiger partial charge on any atom is 0.331 e. The van der Waals surface area contributed by atoms with E-state index in [1.165, 1.54) is 20.1 Å². The van der Waals surface area contributed by atoms with Crippen LogP contribution in [0.25, 0.3) is 6.08 Å². The number of aliphatic hydroxyl groups is 4. The molecule has 70 heavy (non-hydrogen) atoms. The Morgan fingerprint density at radius 2 is 1.39 bits per heavy atom. The number of methoxy groups -OCH3 is 3. The van der Waals surface area contributed by atoms with E-state index < -0.39 is 133 Å². The minimum Gasteiger partial charge on any atom is -0.458 e. The first-order chi connectivity index (χ1) is 33.3. The molecular weight excluding hydrogens is 909 g/mol. The number of aliphatic hydroxyl groups excluding tert-OH is 3. The van der Waals surface area contributed by atoms with Gasteiger partial charge in [0.15, 0.2) is 18.9 Å². The Kier molecular flexibility index (Phi) is 16.6. The lowest BCUT2D eigenvalue weighted by Crippen LogP contribution is -2.73.